The highest BCUT2D eigenvalue weighted by atomic mass is 35.5. The zero-order valence-electron chi connectivity index (χ0n) is 14.9. The molecule has 17 heteroatoms. The van der Waals surface area contributed by atoms with Crippen molar-refractivity contribution < 1.29 is 43.3 Å². The molecule has 4 atom stereocenters. The summed E-state index contributed by atoms with van der Waals surface area (Å²) in [6.45, 7) is -1.51. The average Bonchev–Trinajstić information content (AvgIpc) is 3.12. The lowest BCUT2D eigenvalue weighted by Crippen LogP contribution is -2.57. The number of halogens is 1. The minimum absolute atomic E-state index is 0.0494. The van der Waals surface area contributed by atoms with Crippen LogP contribution in [0.4, 0.5) is 5.82 Å². The van der Waals surface area contributed by atoms with E-state index in [1.54, 1.807) is 0 Å². The Morgan fingerprint density at radius 1 is 1.40 bits per heavy atom. The van der Waals surface area contributed by atoms with Crippen LogP contribution in [-0.2, 0) is 24.1 Å². The fraction of sp³-hybridized carbons (Fsp3) is 0.462. The first-order chi connectivity index (χ1) is 13.7. The van der Waals surface area contributed by atoms with Crippen LogP contribution in [0.15, 0.2) is 6.33 Å². The summed E-state index contributed by atoms with van der Waals surface area (Å²) in [6.07, 6.45) is 4.91. The summed E-state index contributed by atoms with van der Waals surface area (Å²) in [6, 6.07) is 0. The maximum Gasteiger partial charge on any atom is 0.340 e. The predicted molar refractivity (Wildman–Crippen MR) is 101 cm³/mol. The van der Waals surface area contributed by atoms with E-state index in [0.29, 0.717) is 0 Å². The maximum absolute atomic E-state index is 11.9. The van der Waals surface area contributed by atoms with Gasteiger partial charge < -0.3 is 39.9 Å². The second-order valence-corrected chi connectivity index (χ2v) is 10.8. The molecule has 7 N–H and O–H groups in total. The van der Waals surface area contributed by atoms with Crippen molar-refractivity contribution in [2.24, 2.45) is 0 Å². The van der Waals surface area contributed by atoms with Crippen molar-refractivity contribution in [2.45, 2.75) is 17.4 Å². The molecule has 0 aromatic carbocycles. The fourth-order valence-corrected chi connectivity index (χ4v) is 5.69. The van der Waals surface area contributed by atoms with Gasteiger partial charge in [0.15, 0.2) is 17.4 Å². The van der Waals surface area contributed by atoms with Crippen LogP contribution >= 0.6 is 26.8 Å². The summed E-state index contributed by atoms with van der Waals surface area (Å²) >= 11 is 5.79. The van der Waals surface area contributed by atoms with Crippen molar-refractivity contribution in [1.29, 1.82) is 0 Å². The summed E-state index contributed by atoms with van der Waals surface area (Å²) in [7, 11) is -9.64. The minimum Gasteiger partial charge on any atom is -0.382 e. The molecule has 164 valence electrons. The molecule has 3 rings (SSSR count). The molecule has 1 fully saturated rings. The van der Waals surface area contributed by atoms with Crippen LogP contribution in [0.5, 0.6) is 0 Å². The summed E-state index contributed by atoms with van der Waals surface area (Å²) in [4.78, 5) is 38.9. The number of nitrogens with two attached hydrogens (primary N) is 1. The van der Waals surface area contributed by atoms with Gasteiger partial charge in [-0.3, -0.25) is 13.7 Å². The molecule has 0 bridgehead atoms. The molecule has 0 radical (unpaired) electrons. The molecule has 14 nitrogen and oxygen atoms in total. The molecule has 1 aliphatic rings. The monoisotopic (exact) mass is 483 g/mol. The van der Waals surface area contributed by atoms with Crippen LogP contribution in [0, 0.1) is 12.3 Å². The Morgan fingerprint density at radius 3 is 2.67 bits per heavy atom. The van der Waals surface area contributed by atoms with Crippen LogP contribution in [0.25, 0.3) is 11.2 Å². The van der Waals surface area contributed by atoms with Gasteiger partial charge in [-0.15, -0.1) is 6.42 Å². The van der Waals surface area contributed by atoms with Crippen molar-refractivity contribution in [1.82, 2.24) is 19.5 Å². The van der Waals surface area contributed by atoms with Gasteiger partial charge in [0.1, 0.15) is 11.6 Å². The molecule has 0 spiro atoms. The summed E-state index contributed by atoms with van der Waals surface area (Å²) in [5.41, 5.74) is 0.747. The van der Waals surface area contributed by atoms with Gasteiger partial charge in [0.2, 0.25) is 16.6 Å². The van der Waals surface area contributed by atoms with E-state index < -0.39 is 51.7 Å². The Bertz CT molecular complexity index is 1130. The Balaban J connectivity index is 1.94. The van der Waals surface area contributed by atoms with Crippen LogP contribution in [-0.4, -0.2) is 75.2 Å². The third-order valence-corrected chi connectivity index (χ3v) is 7.99. The smallest absolute Gasteiger partial charge is 0.340 e. The number of imidazole rings is 1. The lowest BCUT2D eigenvalue weighted by molar-refractivity contribution is -0.149. The fourth-order valence-electron chi connectivity index (χ4n) is 2.96. The number of hydrogen-bond donors (Lipinski definition) is 6. The number of aliphatic hydroxyl groups is 2. The largest absolute Gasteiger partial charge is 0.382 e. The summed E-state index contributed by atoms with van der Waals surface area (Å²) in [5.74, 6) is 0.412. The summed E-state index contributed by atoms with van der Waals surface area (Å²) in [5, 5.41) is 21.9. The number of terminal acetylenes is 1. The number of rotatable bonds is 6. The molecule has 2 aromatic heterocycles. The lowest BCUT2D eigenvalue weighted by atomic mass is 9.88. The van der Waals surface area contributed by atoms with Gasteiger partial charge in [-0.1, -0.05) is 5.92 Å². The van der Waals surface area contributed by atoms with Crippen molar-refractivity contribution in [2.75, 3.05) is 24.9 Å². The number of ether oxygens (including phenoxy) is 1. The summed E-state index contributed by atoms with van der Waals surface area (Å²) < 4.78 is 33.7. The van der Waals surface area contributed by atoms with Gasteiger partial charge in [-0.25, -0.2) is 4.98 Å². The second kappa shape index (κ2) is 7.51. The van der Waals surface area contributed by atoms with E-state index in [-0.39, 0.29) is 22.3 Å². The zero-order valence-corrected chi connectivity index (χ0v) is 17.4. The number of nitrogens with zero attached hydrogens (tertiary/aromatic N) is 4. The van der Waals surface area contributed by atoms with Gasteiger partial charge in [-0.05, 0) is 11.6 Å². The van der Waals surface area contributed by atoms with E-state index in [9.17, 15) is 24.2 Å². The number of fused-ring (bicyclic) bond motifs is 1. The number of anilines is 1. The molecular weight excluding hydrogens is 468 g/mol. The quantitative estimate of drug-likeness (QED) is 0.162. The Morgan fingerprint density at radius 2 is 2.07 bits per heavy atom. The first kappa shape index (κ1) is 23.1. The third kappa shape index (κ3) is 3.98. The van der Waals surface area contributed by atoms with Crippen LogP contribution in [0.3, 0.4) is 0 Å². The van der Waals surface area contributed by atoms with E-state index in [0.717, 1.165) is 10.9 Å². The number of nitrogen functional groups attached to an aromatic ring is 1. The van der Waals surface area contributed by atoms with Crippen molar-refractivity contribution in [3.63, 3.8) is 0 Å². The van der Waals surface area contributed by atoms with E-state index in [1.165, 1.54) is 0 Å². The molecule has 0 amide bonds. The van der Waals surface area contributed by atoms with E-state index >= 15 is 0 Å². The van der Waals surface area contributed by atoms with Crippen molar-refractivity contribution in [3.05, 3.63) is 11.6 Å². The molecule has 3 heterocycles. The first-order valence-corrected chi connectivity index (χ1v) is 11.9. The highest BCUT2D eigenvalue weighted by molar-refractivity contribution is 7.70. The maximum atomic E-state index is 11.9. The van der Waals surface area contributed by atoms with Crippen LogP contribution < -0.4 is 5.73 Å². The SMILES string of the molecule is C#C[C@@]1(O)[C@@H](COP(=O)(O)CP(=O)(O)O)OC[C@@]1(O)n1cnc2c(N)nc(Cl)nc21. The van der Waals surface area contributed by atoms with Gasteiger partial charge in [0, 0.05) is 0 Å². The molecule has 30 heavy (non-hydrogen) atoms. The molecule has 1 saturated heterocycles. The molecule has 0 aliphatic carbocycles. The average molecular weight is 484 g/mol. The van der Waals surface area contributed by atoms with Gasteiger partial charge in [0.25, 0.3) is 0 Å². The predicted octanol–water partition coefficient (Wildman–Crippen LogP) is -1.19. The molecule has 2 aromatic rings. The van der Waals surface area contributed by atoms with E-state index in [1.807, 2.05) is 5.92 Å². The van der Waals surface area contributed by atoms with E-state index in [4.69, 9.17) is 38.3 Å². The first-order valence-electron chi connectivity index (χ1n) is 7.94. The normalized spacial score (nSPS) is 29.0. The topological polar surface area (TPSA) is 223 Å². The van der Waals surface area contributed by atoms with Gasteiger partial charge in [0.05, 0.1) is 19.5 Å². The zero-order chi connectivity index (χ0) is 22.5. The number of hydrogen-bond acceptors (Lipinski definition) is 10. The van der Waals surface area contributed by atoms with Gasteiger partial charge in [-0.2, -0.15) is 9.97 Å². The molecule has 1 aliphatic heterocycles. The van der Waals surface area contributed by atoms with Gasteiger partial charge >= 0.3 is 15.2 Å². The Labute approximate surface area is 173 Å². The number of aromatic nitrogens is 4. The molecular formula is C13H16ClN5O9P2. The third-order valence-electron chi connectivity index (χ3n) is 4.37. The standard InChI is InChI=1S/C13H16ClN5O9P2/c1-2-12(20)7(3-28-30(25,26)6-29(22,23)24)27-4-13(12,21)19-5-16-8-9(15)17-11(14)18-10(8)19/h1,5,7,20-21H,3-4,6H2,(H,25,26)(H2,15,17,18)(H2,22,23,24)/t7-,12-,13+/m1/s1. The van der Waals surface area contributed by atoms with E-state index in [2.05, 4.69) is 19.5 Å². The molecule has 1 unspecified atom stereocenters. The minimum atomic E-state index is -4.87. The van der Waals surface area contributed by atoms with Crippen molar-refractivity contribution in [3.8, 4) is 12.3 Å². The van der Waals surface area contributed by atoms with Crippen LogP contribution in [0.1, 0.15) is 0 Å². The lowest BCUT2D eigenvalue weighted by Gasteiger charge is -2.35. The highest BCUT2D eigenvalue weighted by Crippen LogP contribution is 2.56. The molecule has 0 saturated carbocycles. The Hall–Kier alpha value is -1.62. The highest BCUT2D eigenvalue weighted by Gasteiger charge is 2.62. The van der Waals surface area contributed by atoms with Crippen LogP contribution in [0.2, 0.25) is 5.28 Å². The second-order valence-electron chi connectivity index (χ2n) is 6.43. The Kier molecular flexibility index (Phi) is 5.77. The van der Waals surface area contributed by atoms with Crippen molar-refractivity contribution >= 4 is 43.8 Å².